The highest BCUT2D eigenvalue weighted by Gasteiger charge is 2.24. The van der Waals surface area contributed by atoms with Crippen molar-refractivity contribution in [1.82, 2.24) is 24.9 Å². The molecule has 1 unspecified atom stereocenters. The van der Waals surface area contributed by atoms with E-state index in [2.05, 4.69) is 15.5 Å². The maximum atomic E-state index is 10.6. The Kier molecular flexibility index (Phi) is 4.51. The second kappa shape index (κ2) is 6.59. The minimum Gasteiger partial charge on any atom is -0.384 e. The standard InChI is InChI=1S/C18H23N5O/c1-14-15(11-23(21-14)17-7-5-4-6-8-17)9-19-13-18(2,24)16-10-20-22(3)12-16/h4-8,10-12,19,24H,9,13H2,1-3H3. The van der Waals surface area contributed by atoms with Gasteiger partial charge < -0.3 is 10.4 Å². The smallest absolute Gasteiger partial charge is 0.102 e. The van der Waals surface area contributed by atoms with Crippen molar-refractivity contribution in [3.05, 3.63) is 65.7 Å². The van der Waals surface area contributed by atoms with E-state index in [1.165, 1.54) is 0 Å². The molecule has 0 aliphatic carbocycles. The van der Waals surface area contributed by atoms with Gasteiger partial charge in [-0.25, -0.2) is 4.68 Å². The average Bonchev–Trinajstić information content (AvgIpc) is 3.15. The van der Waals surface area contributed by atoms with Crippen LogP contribution in [0, 0.1) is 6.92 Å². The Hall–Kier alpha value is -2.44. The first-order valence-electron chi connectivity index (χ1n) is 7.98. The third-order valence-corrected chi connectivity index (χ3v) is 4.13. The molecule has 0 spiro atoms. The van der Waals surface area contributed by atoms with Gasteiger partial charge in [-0.15, -0.1) is 0 Å². The van der Waals surface area contributed by atoms with Gasteiger partial charge in [0.25, 0.3) is 0 Å². The summed E-state index contributed by atoms with van der Waals surface area (Å²) in [5.74, 6) is 0. The van der Waals surface area contributed by atoms with Crippen LogP contribution in [-0.4, -0.2) is 31.2 Å². The van der Waals surface area contributed by atoms with Crippen molar-refractivity contribution < 1.29 is 5.11 Å². The molecule has 3 aromatic rings. The molecule has 1 atom stereocenters. The van der Waals surface area contributed by atoms with Crippen molar-refractivity contribution >= 4 is 0 Å². The second-order valence-corrected chi connectivity index (χ2v) is 6.30. The molecular weight excluding hydrogens is 302 g/mol. The molecule has 2 aromatic heterocycles. The van der Waals surface area contributed by atoms with Gasteiger partial charge >= 0.3 is 0 Å². The zero-order chi connectivity index (χ0) is 17.2. The highest BCUT2D eigenvalue weighted by molar-refractivity contribution is 5.32. The molecule has 2 heterocycles. The van der Waals surface area contributed by atoms with Gasteiger partial charge in [0.15, 0.2) is 0 Å². The Bertz CT molecular complexity index is 804. The Morgan fingerprint density at radius 1 is 1.21 bits per heavy atom. The summed E-state index contributed by atoms with van der Waals surface area (Å²) in [4.78, 5) is 0. The van der Waals surface area contributed by atoms with Crippen LogP contribution >= 0.6 is 0 Å². The Morgan fingerprint density at radius 3 is 2.62 bits per heavy atom. The van der Waals surface area contributed by atoms with E-state index in [4.69, 9.17) is 0 Å². The summed E-state index contributed by atoms with van der Waals surface area (Å²) in [6, 6.07) is 10.0. The van der Waals surface area contributed by atoms with Crippen LogP contribution in [0.25, 0.3) is 5.69 Å². The Balaban J connectivity index is 1.64. The lowest BCUT2D eigenvalue weighted by Gasteiger charge is -2.22. The lowest BCUT2D eigenvalue weighted by Crippen LogP contribution is -2.34. The summed E-state index contributed by atoms with van der Waals surface area (Å²) in [6.45, 7) is 4.87. The molecule has 6 nitrogen and oxygen atoms in total. The maximum Gasteiger partial charge on any atom is 0.102 e. The molecule has 1 aromatic carbocycles. The zero-order valence-electron chi connectivity index (χ0n) is 14.3. The Morgan fingerprint density at radius 2 is 1.96 bits per heavy atom. The van der Waals surface area contributed by atoms with E-state index in [9.17, 15) is 5.11 Å². The summed E-state index contributed by atoms with van der Waals surface area (Å²) in [5.41, 5.74) is 2.97. The van der Waals surface area contributed by atoms with Gasteiger partial charge in [-0.3, -0.25) is 4.68 Å². The van der Waals surface area contributed by atoms with Crippen molar-refractivity contribution in [2.24, 2.45) is 7.05 Å². The summed E-state index contributed by atoms with van der Waals surface area (Å²) in [5, 5.41) is 22.6. The first-order chi connectivity index (χ1) is 11.5. The van der Waals surface area contributed by atoms with Gasteiger partial charge in [0.2, 0.25) is 0 Å². The second-order valence-electron chi connectivity index (χ2n) is 6.30. The molecule has 24 heavy (non-hydrogen) atoms. The molecule has 0 fully saturated rings. The first-order valence-corrected chi connectivity index (χ1v) is 7.98. The van der Waals surface area contributed by atoms with Crippen molar-refractivity contribution in [3.8, 4) is 5.69 Å². The summed E-state index contributed by atoms with van der Waals surface area (Å²) in [6.07, 6.45) is 5.55. The van der Waals surface area contributed by atoms with Crippen LogP contribution in [0.3, 0.4) is 0 Å². The first kappa shape index (κ1) is 16.4. The van der Waals surface area contributed by atoms with Gasteiger partial charge in [-0.1, -0.05) is 18.2 Å². The summed E-state index contributed by atoms with van der Waals surface area (Å²) < 4.78 is 3.57. The van der Waals surface area contributed by atoms with Crippen LogP contribution in [0.15, 0.2) is 48.9 Å². The number of aryl methyl sites for hydroxylation is 2. The molecule has 0 aliphatic heterocycles. The molecule has 2 N–H and O–H groups in total. The molecule has 126 valence electrons. The number of aromatic nitrogens is 4. The van der Waals surface area contributed by atoms with Crippen molar-refractivity contribution in [2.75, 3.05) is 6.54 Å². The van der Waals surface area contributed by atoms with Crippen LogP contribution in [0.4, 0.5) is 0 Å². The van der Waals surface area contributed by atoms with E-state index in [-0.39, 0.29) is 0 Å². The quantitative estimate of drug-likeness (QED) is 0.726. The molecule has 3 rings (SSSR count). The van der Waals surface area contributed by atoms with E-state index in [0.717, 1.165) is 22.5 Å². The van der Waals surface area contributed by atoms with Crippen molar-refractivity contribution in [2.45, 2.75) is 26.0 Å². The van der Waals surface area contributed by atoms with Gasteiger partial charge in [-0.2, -0.15) is 10.2 Å². The number of aliphatic hydroxyl groups is 1. The normalized spacial score (nSPS) is 13.8. The monoisotopic (exact) mass is 325 g/mol. The molecule has 0 radical (unpaired) electrons. The van der Waals surface area contributed by atoms with Crippen LogP contribution in [0.5, 0.6) is 0 Å². The maximum absolute atomic E-state index is 10.6. The fourth-order valence-electron chi connectivity index (χ4n) is 2.62. The number of hydrogen-bond acceptors (Lipinski definition) is 4. The predicted molar refractivity (Wildman–Crippen MR) is 92.8 cm³/mol. The van der Waals surface area contributed by atoms with E-state index < -0.39 is 5.60 Å². The largest absolute Gasteiger partial charge is 0.384 e. The van der Waals surface area contributed by atoms with E-state index in [1.54, 1.807) is 17.8 Å². The SMILES string of the molecule is Cc1nn(-c2ccccc2)cc1CNCC(C)(O)c1cnn(C)c1. The van der Waals surface area contributed by atoms with E-state index in [0.29, 0.717) is 13.1 Å². The number of nitrogens with one attached hydrogen (secondary N) is 1. The molecule has 6 heteroatoms. The fourth-order valence-corrected chi connectivity index (χ4v) is 2.62. The predicted octanol–water partition coefficient (Wildman–Crippen LogP) is 1.91. The van der Waals surface area contributed by atoms with Gasteiger partial charge in [0.05, 0.1) is 17.6 Å². The van der Waals surface area contributed by atoms with Crippen LogP contribution in [0.1, 0.15) is 23.7 Å². The van der Waals surface area contributed by atoms with Crippen LogP contribution < -0.4 is 5.32 Å². The van der Waals surface area contributed by atoms with Crippen molar-refractivity contribution in [1.29, 1.82) is 0 Å². The minimum atomic E-state index is -0.961. The van der Waals surface area contributed by atoms with Crippen LogP contribution in [0.2, 0.25) is 0 Å². The summed E-state index contributed by atoms with van der Waals surface area (Å²) in [7, 11) is 1.84. The molecule has 0 saturated heterocycles. The van der Waals surface area contributed by atoms with Crippen molar-refractivity contribution in [3.63, 3.8) is 0 Å². The van der Waals surface area contributed by atoms with Crippen LogP contribution in [-0.2, 0) is 19.2 Å². The van der Waals surface area contributed by atoms with E-state index in [1.807, 2.05) is 61.4 Å². The summed E-state index contributed by atoms with van der Waals surface area (Å²) >= 11 is 0. The topological polar surface area (TPSA) is 67.9 Å². The van der Waals surface area contributed by atoms with Gasteiger partial charge in [0.1, 0.15) is 5.60 Å². The molecule has 0 amide bonds. The Labute approximate surface area is 141 Å². The number of rotatable bonds is 6. The third kappa shape index (κ3) is 3.55. The minimum absolute atomic E-state index is 0.439. The number of hydrogen-bond donors (Lipinski definition) is 2. The lowest BCUT2D eigenvalue weighted by atomic mass is 10.00. The molecule has 0 bridgehead atoms. The fraction of sp³-hybridized carbons (Fsp3) is 0.333. The van der Waals surface area contributed by atoms with Gasteiger partial charge in [0, 0.05) is 43.7 Å². The molecule has 0 aliphatic rings. The number of benzene rings is 1. The zero-order valence-corrected chi connectivity index (χ0v) is 14.3. The highest BCUT2D eigenvalue weighted by atomic mass is 16.3. The van der Waals surface area contributed by atoms with Gasteiger partial charge in [-0.05, 0) is 26.0 Å². The average molecular weight is 325 g/mol. The van der Waals surface area contributed by atoms with E-state index >= 15 is 0 Å². The highest BCUT2D eigenvalue weighted by Crippen LogP contribution is 2.19. The lowest BCUT2D eigenvalue weighted by molar-refractivity contribution is 0.0566. The molecular formula is C18H23N5O. The molecule has 0 saturated carbocycles. The third-order valence-electron chi connectivity index (χ3n) is 4.13. The number of nitrogens with zero attached hydrogens (tertiary/aromatic N) is 4. The number of para-hydroxylation sites is 1.